The topological polar surface area (TPSA) is 85.1 Å². The molecule has 4 aromatic rings. The largest absolute Gasteiger partial charge is 0.366 e. The first-order valence-electron chi connectivity index (χ1n) is 10.2. The van der Waals surface area contributed by atoms with Gasteiger partial charge in [0.05, 0.1) is 10.7 Å². The molecule has 0 atom stereocenters. The zero-order valence-corrected chi connectivity index (χ0v) is 19.6. The summed E-state index contributed by atoms with van der Waals surface area (Å²) in [5, 5.41) is 3.38. The van der Waals surface area contributed by atoms with E-state index in [4.69, 9.17) is 17.3 Å². The van der Waals surface area contributed by atoms with Gasteiger partial charge in [-0.05, 0) is 84.1 Å². The number of aromatic nitrogens is 1. The Kier molecular flexibility index (Phi) is 6.95. The number of nitrogens with two attached hydrogens (primary N) is 1. The van der Waals surface area contributed by atoms with Gasteiger partial charge in [0.15, 0.2) is 0 Å². The minimum Gasteiger partial charge on any atom is -0.366 e. The number of carbonyl (C=O) groups is 2. The van der Waals surface area contributed by atoms with E-state index in [0.29, 0.717) is 38.7 Å². The van der Waals surface area contributed by atoms with Gasteiger partial charge in [0.25, 0.3) is 5.91 Å². The molecule has 4 rings (SSSR count). The second-order valence-electron chi connectivity index (χ2n) is 7.37. The summed E-state index contributed by atoms with van der Waals surface area (Å²) >= 11 is 7.83. The van der Waals surface area contributed by atoms with Crippen molar-refractivity contribution in [2.24, 2.45) is 5.73 Å². The fourth-order valence-electron chi connectivity index (χ4n) is 3.49. The second kappa shape index (κ2) is 10.1. The highest BCUT2D eigenvalue weighted by atomic mass is 35.5. The molecule has 34 heavy (non-hydrogen) atoms. The third-order valence-electron chi connectivity index (χ3n) is 5.13. The number of hydrogen-bond donors (Lipinski definition) is 2. The van der Waals surface area contributed by atoms with E-state index in [2.05, 4.69) is 10.3 Å². The van der Waals surface area contributed by atoms with E-state index in [1.54, 1.807) is 48.7 Å². The number of benzene rings is 3. The normalized spacial score (nSPS) is 10.7. The number of thioether (sulfide) groups is 1. The fraction of sp³-hybridized carbons (Fsp3) is 0.0385. The van der Waals surface area contributed by atoms with Crippen molar-refractivity contribution in [2.45, 2.75) is 4.90 Å². The molecule has 0 aliphatic heterocycles. The number of anilines is 1. The number of amides is 2. The van der Waals surface area contributed by atoms with Gasteiger partial charge in [-0.2, -0.15) is 0 Å². The lowest BCUT2D eigenvalue weighted by molar-refractivity contribution is 0.0997. The predicted molar refractivity (Wildman–Crippen MR) is 135 cm³/mol. The van der Waals surface area contributed by atoms with Crippen LogP contribution in [0.25, 0.3) is 22.4 Å². The van der Waals surface area contributed by atoms with E-state index < -0.39 is 17.6 Å². The third-order valence-corrected chi connectivity index (χ3v) is 6.18. The van der Waals surface area contributed by atoms with Gasteiger partial charge in [0.2, 0.25) is 5.91 Å². The van der Waals surface area contributed by atoms with Gasteiger partial charge < -0.3 is 11.1 Å². The number of carbonyl (C=O) groups excluding carboxylic acids is 2. The molecular formula is C26H19ClFN3O2S. The lowest BCUT2D eigenvalue weighted by atomic mass is 9.97. The first-order chi connectivity index (χ1) is 16.4. The maximum Gasteiger partial charge on any atom is 0.256 e. The highest BCUT2D eigenvalue weighted by Gasteiger charge is 2.17. The molecule has 1 aromatic heterocycles. The molecule has 2 amide bonds. The highest BCUT2D eigenvalue weighted by molar-refractivity contribution is 7.98. The summed E-state index contributed by atoms with van der Waals surface area (Å²) in [5.41, 5.74) is 8.41. The average molecular weight is 492 g/mol. The Balaban J connectivity index is 1.74. The Hall–Kier alpha value is -3.68. The summed E-state index contributed by atoms with van der Waals surface area (Å²) < 4.78 is 14.2. The number of halogens is 2. The highest BCUT2D eigenvalue weighted by Crippen LogP contribution is 2.32. The van der Waals surface area contributed by atoms with Crippen LogP contribution in [0.4, 0.5) is 10.1 Å². The third kappa shape index (κ3) is 5.11. The van der Waals surface area contributed by atoms with E-state index in [1.807, 2.05) is 18.4 Å². The van der Waals surface area contributed by atoms with Crippen molar-refractivity contribution in [1.29, 1.82) is 0 Å². The van der Waals surface area contributed by atoms with Crippen LogP contribution in [0, 0.1) is 5.82 Å². The first-order valence-corrected chi connectivity index (χ1v) is 11.8. The van der Waals surface area contributed by atoms with Crippen LogP contribution in [0.5, 0.6) is 0 Å². The van der Waals surface area contributed by atoms with Crippen LogP contribution < -0.4 is 11.1 Å². The zero-order valence-electron chi connectivity index (χ0n) is 18.0. The van der Waals surface area contributed by atoms with E-state index in [0.717, 1.165) is 11.0 Å². The van der Waals surface area contributed by atoms with Crippen LogP contribution in [0.2, 0.25) is 5.02 Å². The minimum atomic E-state index is -0.754. The van der Waals surface area contributed by atoms with Crippen LogP contribution in [-0.2, 0) is 0 Å². The Morgan fingerprint density at radius 3 is 2.53 bits per heavy atom. The molecule has 0 spiro atoms. The number of hydrogen-bond acceptors (Lipinski definition) is 4. The lowest BCUT2D eigenvalue weighted by Crippen LogP contribution is -2.14. The molecule has 0 radical (unpaired) electrons. The van der Waals surface area contributed by atoms with Gasteiger partial charge in [-0.1, -0.05) is 17.7 Å². The molecule has 0 saturated carbocycles. The summed E-state index contributed by atoms with van der Waals surface area (Å²) in [6, 6.07) is 19.7. The van der Waals surface area contributed by atoms with Crippen LogP contribution >= 0.6 is 23.4 Å². The summed E-state index contributed by atoms with van der Waals surface area (Å²) in [7, 11) is 0. The Bertz CT molecular complexity index is 1400. The maximum atomic E-state index is 14.2. The molecule has 0 aliphatic carbocycles. The number of pyridine rings is 1. The summed E-state index contributed by atoms with van der Waals surface area (Å²) in [4.78, 5) is 30.1. The van der Waals surface area contributed by atoms with Gasteiger partial charge in [-0.3, -0.25) is 14.6 Å². The van der Waals surface area contributed by atoms with Gasteiger partial charge in [0.1, 0.15) is 5.82 Å². The van der Waals surface area contributed by atoms with Gasteiger partial charge in [-0.15, -0.1) is 11.8 Å². The van der Waals surface area contributed by atoms with Crippen molar-refractivity contribution in [1.82, 2.24) is 4.98 Å². The number of nitrogens with zero attached hydrogens (tertiary/aromatic N) is 1. The molecule has 0 bridgehead atoms. The van der Waals surface area contributed by atoms with Crippen LogP contribution in [0.15, 0.2) is 83.9 Å². The smallest absolute Gasteiger partial charge is 0.256 e. The minimum absolute atomic E-state index is 0.0219. The number of primary amides is 1. The lowest BCUT2D eigenvalue weighted by Gasteiger charge is -2.14. The molecule has 5 nitrogen and oxygen atoms in total. The van der Waals surface area contributed by atoms with E-state index in [1.165, 1.54) is 23.9 Å². The van der Waals surface area contributed by atoms with Crippen molar-refractivity contribution >= 4 is 40.9 Å². The standard InChI is InChI=1S/C26H19ClFN3O2S/c1-34-19-6-7-20(21(14-19)15-10-16(25(29)32)12-17(28)11-15)26(33)31-18-5-8-23(27)22(13-18)24-4-2-3-9-30-24/h2-14H,1H3,(H2,29,32)(H,31,33). The molecule has 0 aliphatic rings. The number of rotatable bonds is 6. The molecular weight excluding hydrogens is 473 g/mol. The summed E-state index contributed by atoms with van der Waals surface area (Å²) in [6.07, 6.45) is 3.56. The Morgan fingerprint density at radius 1 is 1.00 bits per heavy atom. The fourth-order valence-corrected chi connectivity index (χ4v) is 4.15. The van der Waals surface area contributed by atoms with E-state index in [-0.39, 0.29) is 5.56 Å². The van der Waals surface area contributed by atoms with Crippen molar-refractivity contribution in [2.75, 3.05) is 11.6 Å². The van der Waals surface area contributed by atoms with Crippen molar-refractivity contribution < 1.29 is 14.0 Å². The maximum absolute atomic E-state index is 14.2. The van der Waals surface area contributed by atoms with Gasteiger partial charge >= 0.3 is 0 Å². The molecule has 1 heterocycles. The zero-order chi connectivity index (χ0) is 24.2. The van der Waals surface area contributed by atoms with Gasteiger partial charge in [-0.25, -0.2) is 4.39 Å². The van der Waals surface area contributed by atoms with Crippen molar-refractivity contribution in [3.8, 4) is 22.4 Å². The Labute approximate surface area is 205 Å². The molecule has 3 aromatic carbocycles. The van der Waals surface area contributed by atoms with E-state index >= 15 is 0 Å². The van der Waals surface area contributed by atoms with Crippen LogP contribution in [0.3, 0.4) is 0 Å². The quantitative estimate of drug-likeness (QED) is 0.311. The van der Waals surface area contributed by atoms with E-state index in [9.17, 15) is 14.0 Å². The average Bonchev–Trinajstić information content (AvgIpc) is 2.84. The summed E-state index contributed by atoms with van der Waals surface area (Å²) in [5.74, 6) is -1.78. The molecule has 0 saturated heterocycles. The van der Waals surface area contributed by atoms with Gasteiger partial charge in [0, 0.05) is 33.5 Å². The number of nitrogens with one attached hydrogen (secondary N) is 1. The molecule has 170 valence electrons. The Morgan fingerprint density at radius 2 is 1.82 bits per heavy atom. The molecule has 0 fully saturated rings. The molecule has 3 N–H and O–H groups in total. The monoisotopic (exact) mass is 491 g/mol. The predicted octanol–water partition coefficient (Wildman–Crippen LogP) is 6.28. The van der Waals surface area contributed by atoms with Crippen molar-refractivity contribution in [3.05, 3.63) is 101 Å². The van der Waals surface area contributed by atoms with Crippen LogP contribution in [-0.4, -0.2) is 23.1 Å². The summed E-state index contributed by atoms with van der Waals surface area (Å²) in [6.45, 7) is 0. The van der Waals surface area contributed by atoms with Crippen molar-refractivity contribution in [3.63, 3.8) is 0 Å². The first kappa shape index (κ1) is 23.5. The SMILES string of the molecule is CSc1ccc(C(=O)Nc2ccc(Cl)c(-c3ccccn3)c2)c(-c2cc(F)cc(C(N)=O)c2)c1. The second-order valence-corrected chi connectivity index (χ2v) is 8.65. The van der Waals surface area contributed by atoms with Crippen LogP contribution in [0.1, 0.15) is 20.7 Å². The molecule has 0 unspecified atom stereocenters. The molecule has 8 heteroatoms.